The first-order chi connectivity index (χ1) is 15.2. The molecule has 4 aromatic rings. The third kappa shape index (κ3) is 3.36. The van der Waals surface area contributed by atoms with Gasteiger partial charge in [0, 0.05) is 42.4 Å². The van der Waals surface area contributed by atoms with Crippen molar-refractivity contribution in [3.05, 3.63) is 83.0 Å². The highest BCUT2D eigenvalue weighted by Crippen LogP contribution is 2.39. The Labute approximate surface area is 183 Å². The number of aromatic amines is 1. The van der Waals surface area contributed by atoms with E-state index in [0.29, 0.717) is 0 Å². The number of benzene rings is 2. The predicted octanol–water partition coefficient (Wildman–Crippen LogP) is 5.06. The SMILES string of the molecule is CCN(CC)c1nccc(Cc2ccc(-c3n[nH]c4c3Cc3ccccc3-4)cc2)c1N. The second kappa shape index (κ2) is 7.91. The number of fused-ring (bicyclic) bond motifs is 3. The van der Waals surface area contributed by atoms with Gasteiger partial charge in [0.2, 0.25) is 0 Å². The molecule has 0 atom stereocenters. The fourth-order valence-corrected chi connectivity index (χ4v) is 4.54. The minimum absolute atomic E-state index is 0.776. The fourth-order valence-electron chi connectivity index (χ4n) is 4.54. The van der Waals surface area contributed by atoms with E-state index in [9.17, 15) is 0 Å². The summed E-state index contributed by atoms with van der Waals surface area (Å²) in [5.74, 6) is 0.880. The van der Waals surface area contributed by atoms with Crippen molar-refractivity contribution in [2.45, 2.75) is 26.7 Å². The molecule has 0 saturated heterocycles. The number of nitrogens with one attached hydrogen (secondary N) is 1. The van der Waals surface area contributed by atoms with Gasteiger partial charge in [-0.2, -0.15) is 5.10 Å². The van der Waals surface area contributed by atoms with Gasteiger partial charge in [-0.15, -0.1) is 0 Å². The van der Waals surface area contributed by atoms with Crippen LogP contribution in [-0.4, -0.2) is 28.3 Å². The van der Waals surface area contributed by atoms with Crippen molar-refractivity contribution in [1.82, 2.24) is 15.2 Å². The van der Waals surface area contributed by atoms with Crippen LogP contribution in [-0.2, 0) is 12.8 Å². The molecule has 2 heterocycles. The van der Waals surface area contributed by atoms with Crippen LogP contribution < -0.4 is 10.6 Å². The van der Waals surface area contributed by atoms with Gasteiger partial charge in [0.1, 0.15) is 0 Å². The molecule has 1 aliphatic carbocycles. The average Bonchev–Trinajstić information content (AvgIpc) is 3.37. The molecule has 5 rings (SSSR count). The second-order valence-corrected chi connectivity index (χ2v) is 8.01. The first-order valence-corrected chi connectivity index (χ1v) is 10.9. The Morgan fingerprint density at radius 2 is 1.77 bits per heavy atom. The summed E-state index contributed by atoms with van der Waals surface area (Å²) in [6, 6.07) is 19.2. The molecule has 156 valence electrons. The van der Waals surface area contributed by atoms with Gasteiger partial charge in [-0.1, -0.05) is 48.5 Å². The zero-order valence-corrected chi connectivity index (χ0v) is 18.0. The summed E-state index contributed by atoms with van der Waals surface area (Å²) in [4.78, 5) is 6.70. The van der Waals surface area contributed by atoms with Crippen LogP contribution in [0.3, 0.4) is 0 Å². The lowest BCUT2D eigenvalue weighted by Gasteiger charge is -2.22. The average molecular weight is 410 g/mol. The Hall–Kier alpha value is -3.60. The van der Waals surface area contributed by atoms with Crippen molar-refractivity contribution < 1.29 is 0 Å². The number of hydrogen-bond donors (Lipinski definition) is 2. The molecule has 3 N–H and O–H groups in total. The van der Waals surface area contributed by atoms with Crippen molar-refractivity contribution in [3.8, 4) is 22.5 Å². The Bertz CT molecular complexity index is 1220. The van der Waals surface area contributed by atoms with Gasteiger partial charge in [-0.25, -0.2) is 4.98 Å². The monoisotopic (exact) mass is 409 g/mol. The molecule has 5 nitrogen and oxygen atoms in total. The van der Waals surface area contributed by atoms with E-state index in [1.165, 1.54) is 22.3 Å². The van der Waals surface area contributed by atoms with Gasteiger partial charge in [-0.3, -0.25) is 5.10 Å². The number of H-pyrrole nitrogens is 1. The summed E-state index contributed by atoms with van der Waals surface area (Å²) in [6.07, 6.45) is 3.58. The van der Waals surface area contributed by atoms with Crippen molar-refractivity contribution in [3.63, 3.8) is 0 Å². The lowest BCUT2D eigenvalue weighted by Crippen LogP contribution is -2.24. The number of pyridine rings is 1. The van der Waals surface area contributed by atoms with Gasteiger partial charge in [-0.05, 0) is 43.0 Å². The maximum absolute atomic E-state index is 6.48. The van der Waals surface area contributed by atoms with Crippen LogP contribution in [0.15, 0.2) is 60.8 Å². The van der Waals surface area contributed by atoms with Gasteiger partial charge >= 0.3 is 0 Å². The van der Waals surface area contributed by atoms with Crippen molar-refractivity contribution >= 4 is 11.5 Å². The highest BCUT2D eigenvalue weighted by atomic mass is 15.2. The summed E-state index contributed by atoms with van der Waals surface area (Å²) < 4.78 is 0. The number of rotatable bonds is 6. The van der Waals surface area contributed by atoms with E-state index in [4.69, 9.17) is 5.73 Å². The minimum atomic E-state index is 0.776. The Morgan fingerprint density at radius 3 is 2.55 bits per heavy atom. The first kappa shape index (κ1) is 19.4. The quantitative estimate of drug-likeness (QED) is 0.411. The summed E-state index contributed by atoms with van der Waals surface area (Å²) in [5.41, 5.74) is 16.8. The Morgan fingerprint density at radius 1 is 1.00 bits per heavy atom. The van der Waals surface area contributed by atoms with Crippen molar-refractivity contribution in [2.75, 3.05) is 23.7 Å². The van der Waals surface area contributed by atoms with E-state index >= 15 is 0 Å². The van der Waals surface area contributed by atoms with Gasteiger partial charge in [0.05, 0.1) is 17.1 Å². The van der Waals surface area contributed by atoms with E-state index in [2.05, 4.69) is 82.5 Å². The molecule has 2 aromatic carbocycles. The number of nitrogen functional groups attached to an aromatic ring is 1. The molecule has 0 amide bonds. The molecule has 0 aliphatic heterocycles. The van der Waals surface area contributed by atoms with E-state index in [1.54, 1.807) is 0 Å². The van der Waals surface area contributed by atoms with Crippen LogP contribution in [0.2, 0.25) is 0 Å². The zero-order valence-electron chi connectivity index (χ0n) is 18.0. The maximum Gasteiger partial charge on any atom is 0.152 e. The minimum Gasteiger partial charge on any atom is -0.396 e. The van der Waals surface area contributed by atoms with E-state index < -0.39 is 0 Å². The highest BCUT2D eigenvalue weighted by Gasteiger charge is 2.24. The van der Waals surface area contributed by atoms with Crippen molar-refractivity contribution in [2.24, 2.45) is 0 Å². The molecule has 1 aliphatic rings. The van der Waals surface area contributed by atoms with E-state index in [-0.39, 0.29) is 0 Å². The molecular weight excluding hydrogens is 382 g/mol. The molecule has 31 heavy (non-hydrogen) atoms. The Kier molecular flexibility index (Phi) is 4.94. The normalized spacial score (nSPS) is 11.9. The third-order valence-corrected chi connectivity index (χ3v) is 6.27. The van der Waals surface area contributed by atoms with Crippen LogP contribution in [0.5, 0.6) is 0 Å². The third-order valence-electron chi connectivity index (χ3n) is 6.27. The fraction of sp³-hybridized carbons (Fsp3) is 0.231. The summed E-state index contributed by atoms with van der Waals surface area (Å²) in [6.45, 7) is 6.04. The van der Waals surface area contributed by atoms with Crippen LogP contribution >= 0.6 is 0 Å². The number of aromatic nitrogens is 3. The van der Waals surface area contributed by atoms with Gasteiger partial charge in [0.15, 0.2) is 5.82 Å². The van der Waals surface area contributed by atoms with E-state index in [1.807, 2.05) is 12.3 Å². The number of nitrogens with two attached hydrogens (primary N) is 1. The van der Waals surface area contributed by atoms with Crippen molar-refractivity contribution in [1.29, 1.82) is 0 Å². The summed E-state index contributed by atoms with van der Waals surface area (Å²) in [7, 11) is 0. The predicted molar refractivity (Wildman–Crippen MR) is 127 cm³/mol. The van der Waals surface area contributed by atoms with Gasteiger partial charge in [0.25, 0.3) is 0 Å². The largest absolute Gasteiger partial charge is 0.396 e. The molecule has 0 bridgehead atoms. The lowest BCUT2D eigenvalue weighted by molar-refractivity contribution is 0.846. The molecule has 0 saturated carbocycles. The van der Waals surface area contributed by atoms with Crippen LogP contribution in [0, 0.1) is 0 Å². The molecular formula is C26H27N5. The topological polar surface area (TPSA) is 70.8 Å². The molecule has 2 aromatic heterocycles. The lowest BCUT2D eigenvalue weighted by atomic mass is 10.00. The number of anilines is 2. The molecule has 5 heteroatoms. The second-order valence-electron chi connectivity index (χ2n) is 8.01. The number of nitrogens with zero attached hydrogens (tertiary/aromatic N) is 3. The summed E-state index contributed by atoms with van der Waals surface area (Å²) in [5, 5.41) is 7.88. The molecule has 0 unspecified atom stereocenters. The smallest absolute Gasteiger partial charge is 0.152 e. The standard InChI is InChI=1S/C26H27N5/c1-3-31(4-2)26-23(27)20(13-14-28-26)15-17-9-11-18(12-10-17)24-22-16-19-7-5-6-8-21(19)25(22)30-29-24/h5-14H,3-4,15-16,27H2,1-2H3,(H,29,30). The Balaban J connectivity index is 1.39. The maximum atomic E-state index is 6.48. The number of hydrogen-bond acceptors (Lipinski definition) is 4. The summed E-state index contributed by atoms with van der Waals surface area (Å²) >= 11 is 0. The van der Waals surface area contributed by atoms with E-state index in [0.717, 1.165) is 60.0 Å². The van der Waals surface area contributed by atoms with Gasteiger partial charge < -0.3 is 10.6 Å². The molecule has 0 radical (unpaired) electrons. The first-order valence-electron chi connectivity index (χ1n) is 10.9. The van der Waals surface area contributed by atoms with Crippen LogP contribution in [0.1, 0.15) is 36.1 Å². The van der Waals surface area contributed by atoms with Crippen LogP contribution in [0.4, 0.5) is 11.5 Å². The molecule has 0 fully saturated rings. The van der Waals surface area contributed by atoms with Crippen LogP contribution in [0.25, 0.3) is 22.5 Å². The molecule has 0 spiro atoms. The zero-order chi connectivity index (χ0) is 21.4. The highest BCUT2D eigenvalue weighted by molar-refractivity contribution is 5.81.